The van der Waals surface area contributed by atoms with Crippen molar-refractivity contribution in [3.05, 3.63) is 71.3 Å². The van der Waals surface area contributed by atoms with Crippen molar-refractivity contribution in [2.45, 2.75) is 6.18 Å². The average Bonchev–Trinajstić information content (AvgIpc) is 2.67. The molecule has 1 aliphatic heterocycles. The molecule has 0 aromatic heterocycles. The van der Waals surface area contributed by atoms with Gasteiger partial charge in [-0.1, -0.05) is 18.2 Å². The van der Waals surface area contributed by atoms with E-state index in [0.29, 0.717) is 31.7 Å². The van der Waals surface area contributed by atoms with E-state index >= 15 is 0 Å². The van der Waals surface area contributed by atoms with E-state index in [1.54, 1.807) is 34.1 Å². The largest absolute Gasteiger partial charge is 0.416 e. The van der Waals surface area contributed by atoms with Crippen LogP contribution in [0.25, 0.3) is 0 Å². The van der Waals surface area contributed by atoms with Crippen molar-refractivity contribution < 1.29 is 22.8 Å². The highest BCUT2D eigenvalue weighted by molar-refractivity contribution is 5.96. The predicted molar refractivity (Wildman–Crippen MR) is 89.7 cm³/mol. The molecule has 4 nitrogen and oxygen atoms in total. The van der Waals surface area contributed by atoms with E-state index in [4.69, 9.17) is 0 Å². The van der Waals surface area contributed by atoms with Gasteiger partial charge in [-0.3, -0.25) is 9.59 Å². The second kappa shape index (κ2) is 7.19. The van der Waals surface area contributed by atoms with Gasteiger partial charge >= 0.3 is 6.18 Å². The molecule has 3 rings (SSSR count). The second-order valence-corrected chi connectivity index (χ2v) is 6.03. The average molecular weight is 362 g/mol. The number of carbonyl (C=O) groups is 2. The third-order valence-electron chi connectivity index (χ3n) is 4.33. The lowest BCUT2D eigenvalue weighted by Gasteiger charge is -2.35. The molecule has 0 bridgehead atoms. The lowest BCUT2D eigenvalue weighted by atomic mass is 10.1. The summed E-state index contributed by atoms with van der Waals surface area (Å²) in [6.07, 6.45) is -4.43. The fraction of sp³-hybridized carbons (Fsp3) is 0.263. The summed E-state index contributed by atoms with van der Waals surface area (Å²) < 4.78 is 37.8. The maximum atomic E-state index is 12.6. The number of carbonyl (C=O) groups excluding carboxylic acids is 2. The molecule has 2 aromatic rings. The minimum absolute atomic E-state index is 0.0905. The summed E-state index contributed by atoms with van der Waals surface area (Å²) in [7, 11) is 0. The SMILES string of the molecule is O=C(c1ccccc1)N1CCN(C(=O)c2ccc(C(F)(F)F)cc2)CC1. The Hall–Kier alpha value is -2.83. The van der Waals surface area contributed by atoms with Gasteiger partial charge in [-0.25, -0.2) is 0 Å². The van der Waals surface area contributed by atoms with E-state index in [2.05, 4.69) is 0 Å². The first-order valence-electron chi connectivity index (χ1n) is 8.17. The first-order valence-corrected chi connectivity index (χ1v) is 8.17. The van der Waals surface area contributed by atoms with Crippen LogP contribution in [0.15, 0.2) is 54.6 Å². The molecule has 136 valence electrons. The van der Waals surface area contributed by atoms with Crippen molar-refractivity contribution in [3.8, 4) is 0 Å². The molecule has 7 heteroatoms. The smallest absolute Gasteiger partial charge is 0.335 e. The Morgan fingerprint density at radius 1 is 0.692 bits per heavy atom. The number of benzene rings is 2. The van der Waals surface area contributed by atoms with Gasteiger partial charge < -0.3 is 9.80 Å². The number of nitrogens with zero attached hydrogens (tertiary/aromatic N) is 2. The van der Waals surface area contributed by atoms with E-state index < -0.39 is 11.7 Å². The monoisotopic (exact) mass is 362 g/mol. The summed E-state index contributed by atoms with van der Waals surface area (Å²) in [6.45, 7) is 1.47. The molecule has 1 heterocycles. The zero-order valence-electron chi connectivity index (χ0n) is 13.9. The van der Waals surface area contributed by atoms with Crippen LogP contribution in [-0.2, 0) is 6.18 Å². The first kappa shape index (κ1) is 18.0. The Labute approximate surface area is 148 Å². The van der Waals surface area contributed by atoms with Crippen molar-refractivity contribution in [1.82, 2.24) is 9.80 Å². The van der Waals surface area contributed by atoms with Gasteiger partial charge in [0.2, 0.25) is 0 Å². The molecular weight excluding hydrogens is 345 g/mol. The van der Waals surface area contributed by atoms with Gasteiger partial charge in [0.1, 0.15) is 0 Å². The Morgan fingerprint density at radius 2 is 1.12 bits per heavy atom. The van der Waals surface area contributed by atoms with E-state index in [1.165, 1.54) is 12.1 Å². The minimum atomic E-state index is -4.43. The van der Waals surface area contributed by atoms with Crippen LogP contribution < -0.4 is 0 Å². The third-order valence-corrected chi connectivity index (χ3v) is 4.33. The summed E-state index contributed by atoms with van der Waals surface area (Å²) in [5.41, 5.74) is 0.0168. The highest BCUT2D eigenvalue weighted by Crippen LogP contribution is 2.29. The van der Waals surface area contributed by atoms with Crippen LogP contribution in [0.5, 0.6) is 0 Å². The number of hydrogen-bond donors (Lipinski definition) is 0. The fourth-order valence-electron chi connectivity index (χ4n) is 2.86. The number of hydrogen-bond acceptors (Lipinski definition) is 2. The zero-order chi connectivity index (χ0) is 18.7. The van der Waals surface area contributed by atoms with E-state index in [1.807, 2.05) is 6.07 Å². The molecule has 0 saturated carbocycles. The van der Waals surface area contributed by atoms with Crippen molar-refractivity contribution in [2.24, 2.45) is 0 Å². The molecule has 1 saturated heterocycles. The summed E-state index contributed by atoms with van der Waals surface area (Å²) >= 11 is 0. The third kappa shape index (κ3) is 3.87. The van der Waals surface area contributed by atoms with Gasteiger partial charge in [-0.05, 0) is 36.4 Å². The molecule has 26 heavy (non-hydrogen) atoms. The van der Waals surface area contributed by atoms with E-state index in [-0.39, 0.29) is 17.4 Å². The lowest BCUT2D eigenvalue weighted by molar-refractivity contribution is -0.137. The van der Waals surface area contributed by atoms with Gasteiger partial charge in [0.05, 0.1) is 5.56 Å². The Kier molecular flexibility index (Phi) is 4.97. The van der Waals surface area contributed by atoms with Crippen molar-refractivity contribution >= 4 is 11.8 Å². The summed E-state index contributed by atoms with van der Waals surface area (Å²) in [5, 5.41) is 0. The van der Waals surface area contributed by atoms with Gasteiger partial charge in [0.15, 0.2) is 0 Å². The molecule has 1 aliphatic rings. The van der Waals surface area contributed by atoms with Crippen molar-refractivity contribution in [3.63, 3.8) is 0 Å². The van der Waals surface area contributed by atoms with Gasteiger partial charge in [-0.2, -0.15) is 13.2 Å². The zero-order valence-corrected chi connectivity index (χ0v) is 13.9. The lowest BCUT2D eigenvalue weighted by Crippen LogP contribution is -2.50. The van der Waals surface area contributed by atoms with Gasteiger partial charge in [0, 0.05) is 37.3 Å². The summed E-state index contributed by atoms with van der Waals surface area (Å²) in [4.78, 5) is 28.1. The number of piperazine rings is 1. The minimum Gasteiger partial charge on any atom is -0.335 e. The molecular formula is C19H17F3N2O2. The predicted octanol–water partition coefficient (Wildman–Crippen LogP) is 3.30. The molecule has 0 spiro atoms. The molecule has 0 aliphatic carbocycles. The Bertz CT molecular complexity index is 781. The van der Waals surface area contributed by atoms with Gasteiger partial charge in [-0.15, -0.1) is 0 Å². The quantitative estimate of drug-likeness (QED) is 0.823. The van der Waals surface area contributed by atoms with Gasteiger partial charge in [0.25, 0.3) is 11.8 Å². The van der Waals surface area contributed by atoms with Crippen molar-refractivity contribution in [1.29, 1.82) is 0 Å². The van der Waals surface area contributed by atoms with E-state index in [0.717, 1.165) is 12.1 Å². The van der Waals surface area contributed by atoms with E-state index in [9.17, 15) is 22.8 Å². The molecule has 0 radical (unpaired) electrons. The summed E-state index contributed by atoms with van der Waals surface area (Å²) in [6, 6.07) is 13.1. The molecule has 1 fully saturated rings. The second-order valence-electron chi connectivity index (χ2n) is 6.03. The normalized spacial score (nSPS) is 15.0. The molecule has 2 aromatic carbocycles. The molecule has 0 unspecified atom stereocenters. The number of alkyl halides is 3. The van der Waals surface area contributed by atoms with Crippen LogP contribution in [-0.4, -0.2) is 47.8 Å². The standard InChI is InChI=1S/C19H17F3N2O2/c20-19(21,22)16-8-6-15(7-9-16)18(26)24-12-10-23(11-13-24)17(25)14-4-2-1-3-5-14/h1-9H,10-13H2. The van der Waals surface area contributed by atoms with Crippen LogP contribution in [0.1, 0.15) is 26.3 Å². The highest BCUT2D eigenvalue weighted by atomic mass is 19.4. The first-order chi connectivity index (χ1) is 12.4. The van der Waals surface area contributed by atoms with Crippen LogP contribution in [0, 0.1) is 0 Å². The number of rotatable bonds is 2. The number of halogens is 3. The molecule has 0 atom stereocenters. The van der Waals surface area contributed by atoms with Crippen LogP contribution in [0.4, 0.5) is 13.2 Å². The Balaban J connectivity index is 1.61. The summed E-state index contributed by atoms with van der Waals surface area (Å²) in [5.74, 6) is -0.419. The molecule has 0 N–H and O–H groups in total. The molecule has 2 amide bonds. The van der Waals surface area contributed by atoms with Crippen LogP contribution in [0.3, 0.4) is 0 Å². The van der Waals surface area contributed by atoms with Crippen molar-refractivity contribution in [2.75, 3.05) is 26.2 Å². The number of amides is 2. The van der Waals surface area contributed by atoms with Crippen LogP contribution in [0.2, 0.25) is 0 Å². The van der Waals surface area contributed by atoms with Crippen LogP contribution >= 0.6 is 0 Å². The topological polar surface area (TPSA) is 40.6 Å². The Morgan fingerprint density at radius 3 is 1.54 bits per heavy atom. The maximum Gasteiger partial charge on any atom is 0.416 e. The highest BCUT2D eigenvalue weighted by Gasteiger charge is 2.31. The maximum absolute atomic E-state index is 12.6. The fourth-order valence-corrected chi connectivity index (χ4v) is 2.86.